The second-order valence-corrected chi connectivity index (χ2v) is 6.88. The standard InChI is InChI=1S/C19H24O2/c1-13(2)18(20)21-19(3)12-15-10-6-7-11-16(15)17(19)14-8-4-5-9-14/h6-7,10-11,14,17H,1,4-5,8-9,12H2,2-3H3. The summed E-state index contributed by atoms with van der Waals surface area (Å²) in [6, 6.07) is 8.58. The van der Waals surface area contributed by atoms with E-state index in [1.165, 1.54) is 36.8 Å². The number of ether oxygens (including phenoxy) is 1. The fraction of sp³-hybridized carbons (Fsp3) is 0.526. The van der Waals surface area contributed by atoms with Gasteiger partial charge in [-0.1, -0.05) is 43.7 Å². The first kappa shape index (κ1) is 14.4. The molecule has 0 aromatic heterocycles. The molecule has 2 heteroatoms. The third-order valence-electron chi connectivity index (χ3n) is 5.14. The lowest BCUT2D eigenvalue weighted by Gasteiger charge is -2.35. The van der Waals surface area contributed by atoms with E-state index in [0.29, 0.717) is 17.4 Å². The number of hydrogen-bond acceptors (Lipinski definition) is 2. The van der Waals surface area contributed by atoms with Crippen LogP contribution in [0.25, 0.3) is 0 Å². The van der Waals surface area contributed by atoms with Crippen molar-refractivity contribution < 1.29 is 9.53 Å². The van der Waals surface area contributed by atoms with Gasteiger partial charge in [-0.15, -0.1) is 0 Å². The Bertz CT molecular complexity index is 569. The van der Waals surface area contributed by atoms with Crippen LogP contribution in [0.15, 0.2) is 36.4 Å². The molecular formula is C19H24O2. The number of carbonyl (C=O) groups is 1. The van der Waals surface area contributed by atoms with Gasteiger partial charge in [0, 0.05) is 17.9 Å². The van der Waals surface area contributed by atoms with Crippen LogP contribution in [-0.4, -0.2) is 11.6 Å². The second-order valence-electron chi connectivity index (χ2n) is 6.88. The molecule has 0 radical (unpaired) electrons. The van der Waals surface area contributed by atoms with Crippen molar-refractivity contribution in [2.45, 2.75) is 57.5 Å². The molecule has 112 valence electrons. The summed E-state index contributed by atoms with van der Waals surface area (Å²) < 4.78 is 5.93. The lowest BCUT2D eigenvalue weighted by atomic mass is 9.78. The molecule has 2 nitrogen and oxygen atoms in total. The fourth-order valence-electron chi connectivity index (χ4n) is 4.26. The quantitative estimate of drug-likeness (QED) is 0.607. The van der Waals surface area contributed by atoms with Gasteiger partial charge >= 0.3 is 5.97 Å². The minimum Gasteiger partial charge on any atom is -0.455 e. The first-order valence-electron chi connectivity index (χ1n) is 7.98. The van der Waals surface area contributed by atoms with E-state index >= 15 is 0 Å². The average Bonchev–Trinajstić information content (AvgIpc) is 3.02. The highest BCUT2D eigenvalue weighted by Gasteiger charge is 2.49. The average molecular weight is 284 g/mol. The Balaban J connectivity index is 1.96. The maximum atomic E-state index is 12.1. The number of rotatable bonds is 3. The molecular weight excluding hydrogens is 260 g/mol. The van der Waals surface area contributed by atoms with Crippen molar-refractivity contribution in [3.8, 4) is 0 Å². The van der Waals surface area contributed by atoms with Gasteiger partial charge in [-0.3, -0.25) is 0 Å². The number of hydrogen-bond donors (Lipinski definition) is 0. The zero-order valence-electron chi connectivity index (χ0n) is 13.0. The Hall–Kier alpha value is -1.57. The van der Waals surface area contributed by atoms with E-state index in [4.69, 9.17) is 4.74 Å². The molecule has 0 saturated heterocycles. The van der Waals surface area contributed by atoms with E-state index in [9.17, 15) is 4.79 Å². The minimum atomic E-state index is -0.422. The first-order valence-corrected chi connectivity index (χ1v) is 7.98. The Morgan fingerprint density at radius 3 is 2.62 bits per heavy atom. The second kappa shape index (κ2) is 5.32. The van der Waals surface area contributed by atoms with Gasteiger partial charge in [0.2, 0.25) is 0 Å². The van der Waals surface area contributed by atoms with E-state index in [1.54, 1.807) is 6.92 Å². The number of carbonyl (C=O) groups excluding carboxylic acids is 1. The Morgan fingerprint density at radius 1 is 1.29 bits per heavy atom. The van der Waals surface area contributed by atoms with Crippen molar-refractivity contribution in [1.29, 1.82) is 0 Å². The number of fused-ring (bicyclic) bond motifs is 1. The van der Waals surface area contributed by atoms with E-state index in [-0.39, 0.29) is 5.97 Å². The van der Waals surface area contributed by atoms with Gasteiger partial charge in [0.1, 0.15) is 5.60 Å². The van der Waals surface area contributed by atoms with E-state index < -0.39 is 5.60 Å². The molecule has 2 unspecified atom stereocenters. The molecule has 1 aromatic rings. The fourth-order valence-corrected chi connectivity index (χ4v) is 4.26. The van der Waals surface area contributed by atoms with E-state index in [2.05, 4.69) is 37.8 Å². The van der Waals surface area contributed by atoms with Crippen LogP contribution < -0.4 is 0 Å². The van der Waals surface area contributed by atoms with Gasteiger partial charge in [0.05, 0.1) is 0 Å². The molecule has 2 aliphatic rings. The number of benzene rings is 1. The molecule has 0 N–H and O–H groups in total. The van der Waals surface area contributed by atoms with Crippen molar-refractivity contribution in [2.24, 2.45) is 5.92 Å². The SMILES string of the molecule is C=C(C)C(=O)OC1(C)Cc2ccccc2C1C1CCCC1. The highest BCUT2D eigenvalue weighted by molar-refractivity contribution is 5.87. The summed E-state index contributed by atoms with van der Waals surface area (Å²) in [5.74, 6) is 0.712. The van der Waals surface area contributed by atoms with Crippen molar-refractivity contribution in [2.75, 3.05) is 0 Å². The molecule has 0 heterocycles. The van der Waals surface area contributed by atoms with Gasteiger partial charge in [0.15, 0.2) is 0 Å². The summed E-state index contributed by atoms with van der Waals surface area (Å²) in [4.78, 5) is 12.1. The van der Waals surface area contributed by atoms with Crippen molar-refractivity contribution in [3.05, 3.63) is 47.5 Å². The van der Waals surface area contributed by atoms with E-state index in [0.717, 1.165) is 6.42 Å². The van der Waals surface area contributed by atoms with Crippen LogP contribution in [0.3, 0.4) is 0 Å². The highest BCUT2D eigenvalue weighted by Crippen LogP contribution is 2.51. The van der Waals surface area contributed by atoms with Crippen LogP contribution in [0.2, 0.25) is 0 Å². The van der Waals surface area contributed by atoms with Crippen LogP contribution in [0.4, 0.5) is 0 Å². The van der Waals surface area contributed by atoms with E-state index in [1.807, 2.05) is 0 Å². The highest BCUT2D eigenvalue weighted by atomic mass is 16.6. The molecule has 0 aliphatic heterocycles. The van der Waals surface area contributed by atoms with Gasteiger partial charge in [-0.2, -0.15) is 0 Å². The predicted octanol–water partition coefficient (Wildman–Crippen LogP) is 4.39. The monoisotopic (exact) mass is 284 g/mol. The van der Waals surface area contributed by atoms with Crippen molar-refractivity contribution >= 4 is 5.97 Å². The van der Waals surface area contributed by atoms with Gasteiger partial charge in [0.25, 0.3) is 0 Å². The Morgan fingerprint density at radius 2 is 1.95 bits per heavy atom. The lowest BCUT2D eigenvalue weighted by Crippen LogP contribution is -2.39. The number of esters is 1. The molecule has 0 bridgehead atoms. The smallest absolute Gasteiger partial charge is 0.333 e. The van der Waals surface area contributed by atoms with Gasteiger partial charge in [-0.25, -0.2) is 4.79 Å². The third kappa shape index (κ3) is 2.52. The molecule has 0 spiro atoms. The van der Waals surface area contributed by atoms with Gasteiger partial charge < -0.3 is 4.74 Å². The zero-order valence-corrected chi connectivity index (χ0v) is 13.0. The van der Waals surface area contributed by atoms with Crippen LogP contribution >= 0.6 is 0 Å². The van der Waals surface area contributed by atoms with Gasteiger partial charge in [-0.05, 0) is 43.7 Å². The van der Waals surface area contributed by atoms with Crippen LogP contribution in [0.1, 0.15) is 56.6 Å². The largest absolute Gasteiger partial charge is 0.455 e. The molecule has 1 aromatic carbocycles. The van der Waals surface area contributed by atoms with Crippen LogP contribution in [-0.2, 0) is 16.0 Å². The maximum Gasteiger partial charge on any atom is 0.333 e. The molecule has 0 amide bonds. The van der Waals surface area contributed by atoms with Crippen LogP contribution in [0, 0.1) is 5.92 Å². The predicted molar refractivity (Wildman–Crippen MR) is 84.2 cm³/mol. The summed E-state index contributed by atoms with van der Waals surface area (Å²) in [6.07, 6.45) is 5.92. The summed E-state index contributed by atoms with van der Waals surface area (Å²) in [5, 5.41) is 0. The molecule has 21 heavy (non-hydrogen) atoms. The maximum absolute atomic E-state index is 12.1. The minimum absolute atomic E-state index is 0.256. The summed E-state index contributed by atoms with van der Waals surface area (Å²) in [7, 11) is 0. The molecule has 3 rings (SSSR count). The Labute approximate surface area is 127 Å². The van der Waals surface area contributed by atoms with Crippen molar-refractivity contribution in [1.82, 2.24) is 0 Å². The molecule has 2 aliphatic carbocycles. The molecule has 1 saturated carbocycles. The first-order chi connectivity index (χ1) is 10.0. The molecule has 1 fully saturated rings. The Kier molecular flexibility index (Phi) is 3.64. The lowest BCUT2D eigenvalue weighted by molar-refractivity contribution is -0.155. The topological polar surface area (TPSA) is 26.3 Å². The van der Waals surface area contributed by atoms with Crippen LogP contribution in [0.5, 0.6) is 0 Å². The summed E-state index contributed by atoms with van der Waals surface area (Å²) in [6.45, 7) is 7.55. The third-order valence-corrected chi connectivity index (χ3v) is 5.14. The normalized spacial score (nSPS) is 28.4. The summed E-state index contributed by atoms with van der Waals surface area (Å²) in [5.41, 5.74) is 2.79. The molecule has 2 atom stereocenters. The summed E-state index contributed by atoms with van der Waals surface area (Å²) >= 11 is 0. The van der Waals surface area contributed by atoms with Crippen molar-refractivity contribution in [3.63, 3.8) is 0 Å². The zero-order chi connectivity index (χ0) is 15.0.